The Labute approximate surface area is 153 Å². The van der Waals surface area contributed by atoms with Gasteiger partial charge in [-0.05, 0) is 37.0 Å². The molecule has 0 aromatic heterocycles. The van der Waals surface area contributed by atoms with Crippen molar-refractivity contribution in [3.05, 3.63) is 59.7 Å². The molecule has 0 N–H and O–H groups in total. The van der Waals surface area contributed by atoms with Crippen molar-refractivity contribution in [1.29, 1.82) is 5.26 Å². The van der Waals surface area contributed by atoms with Crippen molar-refractivity contribution >= 4 is 5.91 Å². The topological polar surface area (TPSA) is 62.6 Å². The molecule has 0 bridgehead atoms. The maximum absolute atomic E-state index is 12.6. The second kappa shape index (κ2) is 8.39. The Hall–Kier alpha value is -3.00. The van der Waals surface area contributed by atoms with Gasteiger partial charge in [-0.15, -0.1) is 0 Å². The lowest BCUT2D eigenvalue weighted by molar-refractivity contribution is -0.134. The Bertz CT molecular complexity index is 799. The third-order valence-corrected chi connectivity index (χ3v) is 4.66. The summed E-state index contributed by atoms with van der Waals surface area (Å²) in [5.41, 5.74) is 1.73. The molecule has 1 atom stereocenters. The summed E-state index contributed by atoms with van der Waals surface area (Å²) in [5, 5.41) is 8.95. The van der Waals surface area contributed by atoms with E-state index in [9.17, 15) is 4.79 Å². The van der Waals surface area contributed by atoms with Crippen molar-refractivity contribution in [1.82, 2.24) is 4.90 Å². The van der Waals surface area contributed by atoms with E-state index in [1.54, 1.807) is 18.2 Å². The molecule has 1 aliphatic rings. The van der Waals surface area contributed by atoms with Gasteiger partial charge in [0, 0.05) is 18.7 Å². The molecule has 3 rings (SSSR count). The molecule has 5 nitrogen and oxygen atoms in total. The van der Waals surface area contributed by atoms with Gasteiger partial charge in [-0.3, -0.25) is 4.79 Å². The largest absolute Gasteiger partial charge is 0.493 e. The van der Waals surface area contributed by atoms with E-state index in [0.717, 1.165) is 25.8 Å². The summed E-state index contributed by atoms with van der Waals surface area (Å²) in [6.45, 7) is 0.734. The molecule has 1 heterocycles. The third kappa shape index (κ3) is 4.15. The van der Waals surface area contributed by atoms with Crippen LogP contribution < -0.4 is 9.47 Å². The number of ether oxygens (including phenoxy) is 2. The first-order chi connectivity index (χ1) is 12.7. The van der Waals surface area contributed by atoms with E-state index < -0.39 is 0 Å². The number of amides is 1. The minimum absolute atomic E-state index is 0.0187. The summed E-state index contributed by atoms with van der Waals surface area (Å²) in [5.74, 6) is 0.910. The highest BCUT2D eigenvalue weighted by molar-refractivity contribution is 5.78. The highest BCUT2D eigenvalue weighted by atomic mass is 16.5. The lowest BCUT2D eigenvalue weighted by atomic mass is 10.0. The second-order valence-electron chi connectivity index (χ2n) is 6.34. The molecular weight excluding hydrogens is 328 g/mol. The van der Waals surface area contributed by atoms with Gasteiger partial charge in [-0.1, -0.05) is 30.3 Å². The Balaban J connectivity index is 1.62. The number of benzene rings is 2. The maximum Gasteiger partial charge on any atom is 0.260 e. The molecule has 0 aliphatic carbocycles. The molecule has 1 saturated heterocycles. The van der Waals surface area contributed by atoms with Gasteiger partial charge in [0.25, 0.3) is 5.91 Å². The van der Waals surface area contributed by atoms with Crippen LogP contribution in [-0.4, -0.2) is 37.1 Å². The molecule has 1 fully saturated rings. The summed E-state index contributed by atoms with van der Waals surface area (Å²) in [6, 6.07) is 17.4. The Morgan fingerprint density at radius 1 is 1.23 bits per heavy atom. The zero-order valence-corrected chi connectivity index (χ0v) is 14.9. The van der Waals surface area contributed by atoms with E-state index in [0.29, 0.717) is 17.1 Å². The van der Waals surface area contributed by atoms with E-state index in [1.807, 2.05) is 23.1 Å². The SMILES string of the molecule is COc1cc(C#N)ccc1OCC(=O)N1CCC[C@@H]1Cc1ccccc1. The molecule has 26 heavy (non-hydrogen) atoms. The van der Waals surface area contributed by atoms with E-state index in [2.05, 4.69) is 18.2 Å². The first-order valence-electron chi connectivity index (χ1n) is 8.75. The fraction of sp³-hybridized carbons (Fsp3) is 0.333. The second-order valence-corrected chi connectivity index (χ2v) is 6.34. The van der Waals surface area contributed by atoms with Gasteiger partial charge in [-0.25, -0.2) is 0 Å². The van der Waals surface area contributed by atoms with Crippen molar-refractivity contribution in [2.75, 3.05) is 20.3 Å². The molecule has 0 saturated carbocycles. The van der Waals surface area contributed by atoms with Gasteiger partial charge in [0.1, 0.15) is 0 Å². The average Bonchev–Trinajstić information content (AvgIpc) is 3.15. The van der Waals surface area contributed by atoms with Crippen molar-refractivity contribution < 1.29 is 14.3 Å². The number of nitriles is 1. The molecular formula is C21H22N2O3. The van der Waals surface area contributed by atoms with Crippen LogP contribution >= 0.6 is 0 Å². The number of carbonyl (C=O) groups is 1. The lowest BCUT2D eigenvalue weighted by Gasteiger charge is -2.25. The number of hydrogen-bond donors (Lipinski definition) is 0. The van der Waals surface area contributed by atoms with Gasteiger partial charge < -0.3 is 14.4 Å². The number of hydrogen-bond acceptors (Lipinski definition) is 4. The Morgan fingerprint density at radius 2 is 2.04 bits per heavy atom. The molecule has 0 radical (unpaired) electrons. The van der Waals surface area contributed by atoms with E-state index in [-0.39, 0.29) is 18.6 Å². The minimum atomic E-state index is -0.0342. The molecule has 2 aromatic rings. The quantitative estimate of drug-likeness (QED) is 0.803. The van der Waals surface area contributed by atoms with Crippen LogP contribution in [0.4, 0.5) is 0 Å². The number of rotatable bonds is 6. The number of nitrogens with zero attached hydrogens (tertiary/aromatic N) is 2. The predicted molar refractivity (Wildman–Crippen MR) is 98.1 cm³/mol. The highest BCUT2D eigenvalue weighted by Gasteiger charge is 2.29. The summed E-state index contributed by atoms with van der Waals surface area (Å²) >= 11 is 0. The minimum Gasteiger partial charge on any atom is -0.493 e. The van der Waals surface area contributed by atoms with Crippen LogP contribution in [0.25, 0.3) is 0 Å². The Morgan fingerprint density at radius 3 is 2.77 bits per heavy atom. The Kier molecular flexibility index (Phi) is 5.75. The fourth-order valence-corrected chi connectivity index (χ4v) is 3.34. The van der Waals surface area contributed by atoms with E-state index >= 15 is 0 Å². The van der Waals surface area contributed by atoms with Crippen LogP contribution in [0.15, 0.2) is 48.5 Å². The zero-order valence-electron chi connectivity index (χ0n) is 14.9. The van der Waals surface area contributed by atoms with Crippen molar-refractivity contribution in [3.63, 3.8) is 0 Å². The lowest BCUT2D eigenvalue weighted by Crippen LogP contribution is -2.39. The van der Waals surface area contributed by atoms with Crippen molar-refractivity contribution in [2.45, 2.75) is 25.3 Å². The van der Waals surface area contributed by atoms with Crippen LogP contribution in [0.3, 0.4) is 0 Å². The highest BCUT2D eigenvalue weighted by Crippen LogP contribution is 2.28. The van der Waals surface area contributed by atoms with Gasteiger partial charge in [-0.2, -0.15) is 5.26 Å². The van der Waals surface area contributed by atoms with Gasteiger partial charge in [0.05, 0.1) is 18.7 Å². The van der Waals surface area contributed by atoms with Gasteiger partial charge >= 0.3 is 0 Å². The molecule has 2 aromatic carbocycles. The van der Waals surface area contributed by atoms with E-state index in [1.165, 1.54) is 12.7 Å². The fourth-order valence-electron chi connectivity index (χ4n) is 3.34. The standard InChI is InChI=1S/C21H22N2O3/c1-25-20-13-17(14-22)9-10-19(20)26-15-21(24)23-11-5-8-18(23)12-16-6-3-2-4-7-16/h2-4,6-7,9-10,13,18H,5,8,11-12,15H2,1H3/t18-/m1/s1. The number of likely N-dealkylation sites (tertiary alicyclic amines) is 1. The van der Waals surface area contributed by atoms with Gasteiger partial charge in [0.15, 0.2) is 18.1 Å². The predicted octanol–water partition coefficient (Wildman–Crippen LogP) is 3.18. The third-order valence-electron chi connectivity index (χ3n) is 4.66. The van der Waals surface area contributed by atoms with Crippen LogP contribution in [-0.2, 0) is 11.2 Å². The molecule has 0 unspecified atom stereocenters. The molecule has 134 valence electrons. The summed E-state index contributed by atoms with van der Waals surface area (Å²) < 4.78 is 10.9. The summed E-state index contributed by atoms with van der Waals surface area (Å²) in [6.07, 6.45) is 2.90. The van der Waals surface area contributed by atoms with Crippen molar-refractivity contribution in [3.8, 4) is 17.6 Å². The molecule has 1 aliphatic heterocycles. The molecule has 5 heteroatoms. The average molecular weight is 350 g/mol. The molecule has 1 amide bonds. The monoisotopic (exact) mass is 350 g/mol. The maximum atomic E-state index is 12.6. The van der Waals surface area contributed by atoms with Crippen LogP contribution in [0.5, 0.6) is 11.5 Å². The first-order valence-corrected chi connectivity index (χ1v) is 8.75. The van der Waals surface area contributed by atoms with Crippen LogP contribution in [0.2, 0.25) is 0 Å². The smallest absolute Gasteiger partial charge is 0.260 e. The number of methoxy groups -OCH3 is 1. The van der Waals surface area contributed by atoms with Gasteiger partial charge in [0.2, 0.25) is 0 Å². The number of carbonyl (C=O) groups excluding carboxylic acids is 1. The van der Waals surface area contributed by atoms with Crippen molar-refractivity contribution in [2.24, 2.45) is 0 Å². The molecule has 0 spiro atoms. The first kappa shape index (κ1) is 17.8. The normalized spacial score (nSPS) is 16.2. The van der Waals surface area contributed by atoms with Crippen LogP contribution in [0, 0.1) is 11.3 Å². The zero-order chi connectivity index (χ0) is 18.4. The van der Waals surface area contributed by atoms with E-state index in [4.69, 9.17) is 14.7 Å². The summed E-state index contributed by atoms with van der Waals surface area (Å²) in [7, 11) is 1.52. The summed E-state index contributed by atoms with van der Waals surface area (Å²) in [4.78, 5) is 14.6. The van der Waals surface area contributed by atoms with Crippen LogP contribution in [0.1, 0.15) is 24.0 Å².